The first kappa shape index (κ1) is 22.9. The van der Waals surface area contributed by atoms with E-state index in [1.807, 2.05) is 12.1 Å². The quantitative estimate of drug-likeness (QED) is 0.574. The van der Waals surface area contributed by atoms with E-state index >= 15 is 0 Å². The van der Waals surface area contributed by atoms with E-state index in [0.717, 1.165) is 10.5 Å². The zero-order valence-corrected chi connectivity index (χ0v) is 18.6. The third-order valence-corrected chi connectivity index (χ3v) is 7.39. The fourth-order valence-electron chi connectivity index (χ4n) is 3.54. The van der Waals surface area contributed by atoms with Crippen LogP contribution in [0.3, 0.4) is 0 Å². The van der Waals surface area contributed by atoms with Crippen LogP contribution in [0.2, 0.25) is 0 Å². The number of primary amides is 1. The Bertz CT molecular complexity index is 1030. The maximum absolute atomic E-state index is 12.9. The molecule has 0 spiro atoms. The van der Waals surface area contributed by atoms with E-state index in [0.29, 0.717) is 48.2 Å². The van der Waals surface area contributed by atoms with Crippen LogP contribution in [0.5, 0.6) is 0 Å². The SMILES string of the molecule is CC(C)c1ccc(S(=O)(=O)N2CC[NH+](CC(=O)Nc3ccc(C(N)=O)cc3)CC2)cc1. The van der Waals surface area contributed by atoms with Gasteiger partial charge in [-0.05, 0) is 47.9 Å². The Morgan fingerprint density at radius 3 is 2.13 bits per heavy atom. The van der Waals surface area contributed by atoms with Crippen molar-refractivity contribution in [2.45, 2.75) is 24.7 Å². The molecule has 0 bridgehead atoms. The molecule has 4 N–H and O–H groups in total. The Kier molecular flexibility index (Phi) is 7.09. The Labute approximate surface area is 183 Å². The molecular weight excluding hydrogens is 416 g/mol. The summed E-state index contributed by atoms with van der Waals surface area (Å²) >= 11 is 0. The van der Waals surface area contributed by atoms with E-state index in [1.165, 1.54) is 4.31 Å². The number of hydrogen-bond acceptors (Lipinski definition) is 4. The summed E-state index contributed by atoms with van der Waals surface area (Å²) in [6.45, 7) is 6.22. The zero-order chi connectivity index (χ0) is 22.6. The monoisotopic (exact) mass is 445 g/mol. The Balaban J connectivity index is 1.52. The van der Waals surface area contributed by atoms with Gasteiger partial charge in [-0.3, -0.25) is 9.59 Å². The van der Waals surface area contributed by atoms with Gasteiger partial charge in [-0.15, -0.1) is 0 Å². The van der Waals surface area contributed by atoms with Gasteiger partial charge in [0.2, 0.25) is 15.9 Å². The molecule has 1 heterocycles. The van der Waals surface area contributed by atoms with Crippen molar-refractivity contribution in [3.63, 3.8) is 0 Å². The van der Waals surface area contributed by atoms with E-state index in [1.54, 1.807) is 36.4 Å². The van der Waals surface area contributed by atoms with Gasteiger partial charge in [0.05, 0.1) is 31.1 Å². The van der Waals surface area contributed by atoms with Gasteiger partial charge in [0.1, 0.15) is 0 Å². The van der Waals surface area contributed by atoms with E-state index in [4.69, 9.17) is 5.73 Å². The number of rotatable bonds is 7. The molecule has 0 atom stereocenters. The van der Waals surface area contributed by atoms with Gasteiger partial charge in [0.15, 0.2) is 6.54 Å². The third kappa shape index (κ3) is 5.69. The summed E-state index contributed by atoms with van der Waals surface area (Å²) < 4.78 is 27.3. The molecule has 2 aromatic carbocycles. The molecule has 2 amide bonds. The summed E-state index contributed by atoms with van der Waals surface area (Å²) in [6.07, 6.45) is 0. The van der Waals surface area contributed by atoms with Crippen LogP contribution in [-0.4, -0.2) is 57.3 Å². The summed E-state index contributed by atoms with van der Waals surface area (Å²) in [5, 5.41) is 2.79. The van der Waals surface area contributed by atoms with Gasteiger partial charge in [0.25, 0.3) is 5.91 Å². The first-order valence-corrected chi connectivity index (χ1v) is 11.7. The lowest BCUT2D eigenvalue weighted by Gasteiger charge is -2.31. The molecule has 31 heavy (non-hydrogen) atoms. The number of amides is 2. The second kappa shape index (κ2) is 9.59. The second-order valence-corrected chi connectivity index (χ2v) is 9.98. The number of carbonyl (C=O) groups excluding carboxylic acids is 2. The van der Waals surface area contributed by atoms with Crippen molar-refractivity contribution in [3.8, 4) is 0 Å². The number of piperazine rings is 1. The molecule has 1 saturated heterocycles. The highest BCUT2D eigenvalue weighted by molar-refractivity contribution is 7.89. The van der Waals surface area contributed by atoms with Gasteiger partial charge in [0, 0.05) is 11.3 Å². The van der Waals surface area contributed by atoms with Gasteiger partial charge >= 0.3 is 0 Å². The van der Waals surface area contributed by atoms with Gasteiger partial charge < -0.3 is 16.0 Å². The van der Waals surface area contributed by atoms with Crippen LogP contribution in [0, 0.1) is 0 Å². The summed E-state index contributed by atoms with van der Waals surface area (Å²) in [7, 11) is -3.53. The molecule has 3 rings (SSSR count). The maximum Gasteiger partial charge on any atom is 0.279 e. The topological polar surface area (TPSA) is 114 Å². The molecule has 166 valence electrons. The highest BCUT2D eigenvalue weighted by atomic mass is 32.2. The van der Waals surface area contributed by atoms with Crippen LogP contribution >= 0.6 is 0 Å². The number of nitrogens with zero attached hydrogens (tertiary/aromatic N) is 1. The van der Waals surface area contributed by atoms with Crippen LogP contribution in [-0.2, 0) is 14.8 Å². The van der Waals surface area contributed by atoms with Crippen molar-refractivity contribution in [2.24, 2.45) is 5.73 Å². The van der Waals surface area contributed by atoms with Crippen LogP contribution in [0.25, 0.3) is 0 Å². The van der Waals surface area contributed by atoms with Gasteiger partial charge in [-0.1, -0.05) is 26.0 Å². The largest absolute Gasteiger partial charge is 0.366 e. The number of nitrogens with two attached hydrogens (primary N) is 1. The molecule has 0 saturated carbocycles. The van der Waals surface area contributed by atoms with Gasteiger partial charge in [-0.25, -0.2) is 8.42 Å². The van der Waals surface area contributed by atoms with Gasteiger partial charge in [-0.2, -0.15) is 4.31 Å². The predicted molar refractivity (Wildman–Crippen MR) is 118 cm³/mol. The molecule has 9 heteroatoms. The highest BCUT2D eigenvalue weighted by Gasteiger charge is 2.31. The van der Waals surface area contributed by atoms with Crippen LogP contribution in [0.15, 0.2) is 53.4 Å². The van der Waals surface area contributed by atoms with Crippen molar-refractivity contribution in [3.05, 3.63) is 59.7 Å². The molecule has 0 aromatic heterocycles. The highest BCUT2D eigenvalue weighted by Crippen LogP contribution is 2.20. The van der Waals surface area contributed by atoms with E-state index in [9.17, 15) is 18.0 Å². The number of hydrogen-bond donors (Lipinski definition) is 3. The lowest BCUT2D eigenvalue weighted by Crippen LogP contribution is -3.15. The minimum absolute atomic E-state index is 0.164. The van der Waals surface area contributed by atoms with Crippen molar-refractivity contribution >= 4 is 27.5 Å². The van der Waals surface area contributed by atoms with E-state index in [2.05, 4.69) is 19.2 Å². The molecule has 8 nitrogen and oxygen atoms in total. The number of quaternary nitrogens is 1. The van der Waals surface area contributed by atoms with Crippen molar-refractivity contribution in [2.75, 3.05) is 38.0 Å². The fourth-order valence-corrected chi connectivity index (χ4v) is 4.98. The Morgan fingerprint density at radius 2 is 1.61 bits per heavy atom. The van der Waals surface area contributed by atoms with Crippen molar-refractivity contribution in [1.29, 1.82) is 0 Å². The first-order chi connectivity index (χ1) is 14.7. The smallest absolute Gasteiger partial charge is 0.279 e. The molecule has 0 radical (unpaired) electrons. The molecule has 1 aliphatic heterocycles. The minimum atomic E-state index is -3.53. The van der Waals surface area contributed by atoms with E-state index in [-0.39, 0.29) is 12.5 Å². The number of anilines is 1. The second-order valence-electron chi connectivity index (χ2n) is 8.04. The maximum atomic E-state index is 12.9. The molecule has 1 fully saturated rings. The third-order valence-electron chi connectivity index (χ3n) is 5.48. The number of nitrogens with one attached hydrogen (secondary N) is 2. The van der Waals surface area contributed by atoms with Crippen molar-refractivity contribution in [1.82, 2.24) is 4.31 Å². The standard InChI is InChI=1S/C22H28N4O4S/c1-16(2)17-5-9-20(10-6-17)31(29,30)26-13-11-25(12-14-26)15-21(27)24-19-7-3-18(4-8-19)22(23)28/h3-10,16H,11-15H2,1-2H3,(H2,23,28)(H,24,27)/p+1. The molecule has 1 aliphatic rings. The summed E-state index contributed by atoms with van der Waals surface area (Å²) in [6, 6.07) is 13.4. The number of sulfonamides is 1. The minimum Gasteiger partial charge on any atom is -0.366 e. The molecular formula is C22H29N4O4S+. The summed E-state index contributed by atoms with van der Waals surface area (Å²) in [5.41, 5.74) is 7.27. The first-order valence-electron chi connectivity index (χ1n) is 10.3. The van der Waals surface area contributed by atoms with Crippen LogP contribution in [0.1, 0.15) is 35.7 Å². The molecule has 0 unspecified atom stereocenters. The average Bonchev–Trinajstić information content (AvgIpc) is 2.74. The van der Waals surface area contributed by atoms with Crippen molar-refractivity contribution < 1.29 is 22.9 Å². The molecule has 2 aromatic rings. The Morgan fingerprint density at radius 1 is 1.03 bits per heavy atom. The van der Waals surface area contributed by atoms with Crippen LogP contribution < -0.4 is 16.0 Å². The summed E-state index contributed by atoms with van der Waals surface area (Å²) in [5.74, 6) is -0.343. The normalized spacial score (nSPS) is 15.7. The van der Waals surface area contributed by atoms with Crippen LogP contribution in [0.4, 0.5) is 5.69 Å². The summed E-state index contributed by atoms with van der Waals surface area (Å²) in [4.78, 5) is 24.8. The zero-order valence-electron chi connectivity index (χ0n) is 17.8. The fraction of sp³-hybridized carbons (Fsp3) is 0.364. The molecule has 0 aliphatic carbocycles. The lowest BCUT2D eigenvalue weighted by molar-refractivity contribution is -0.895. The number of carbonyl (C=O) groups is 2. The lowest BCUT2D eigenvalue weighted by atomic mass is 10.0. The number of benzene rings is 2. The Hall–Kier alpha value is -2.75. The predicted octanol–water partition coefficient (Wildman–Crippen LogP) is 0.437. The average molecular weight is 446 g/mol. The van der Waals surface area contributed by atoms with E-state index < -0.39 is 15.9 Å².